The molecular weight excluding hydrogens is 568 g/mol. The third-order valence-electron chi connectivity index (χ3n) is 6.55. The number of rotatable bonds is 9. The van der Waals surface area contributed by atoms with E-state index in [0.29, 0.717) is 16.7 Å². The Morgan fingerprint density at radius 1 is 0.814 bits per heavy atom. The van der Waals surface area contributed by atoms with Gasteiger partial charge >= 0.3 is 23.9 Å². The second kappa shape index (κ2) is 13.7. The first-order valence-electron chi connectivity index (χ1n) is 13.3. The second-order valence-electron chi connectivity index (χ2n) is 9.91. The fourth-order valence-corrected chi connectivity index (χ4v) is 5.13. The molecule has 2 heterocycles. The van der Waals surface area contributed by atoms with E-state index in [0.717, 1.165) is 36.9 Å². The molecule has 1 fully saturated rings. The predicted octanol–water partition coefficient (Wildman–Crippen LogP) is 2.30. The topological polar surface area (TPSA) is 166 Å². The quantitative estimate of drug-likeness (QED) is 0.302. The largest absolute Gasteiger partial charge is 0.494 e. The van der Waals surface area contributed by atoms with Crippen molar-refractivity contribution in [2.45, 2.75) is 79.1 Å². The number of aromatic nitrogens is 1. The number of esters is 4. The van der Waals surface area contributed by atoms with Crippen molar-refractivity contribution in [1.29, 1.82) is 0 Å². The number of fused-ring (bicyclic) bond motifs is 1. The van der Waals surface area contributed by atoms with E-state index in [1.807, 2.05) is 19.9 Å². The van der Waals surface area contributed by atoms with Crippen LogP contribution >= 0.6 is 0 Å². The monoisotopic (exact) mass is 604 g/mol. The van der Waals surface area contributed by atoms with Crippen molar-refractivity contribution in [2.75, 3.05) is 25.7 Å². The van der Waals surface area contributed by atoms with Crippen molar-refractivity contribution < 1.29 is 57.1 Å². The Morgan fingerprint density at radius 3 is 1.91 bits per heavy atom. The standard InChI is InChI=1S/C29H36N2O12/c1-13-10-14(2)30-24-21(37-8)11-20(25(38-9)23(13)24)31(15(3)32)29-28(42-19(7)36)27(41-18(6)35)26(40-17(5)34)22(43-29)12-39-16(4)33/h10-11,22,26-29H,12H2,1-9H3. The number of ether oxygens (including phenoxy) is 7. The maximum absolute atomic E-state index is 13.5. The minimum atomic E-state index is -1.52. The molecule has 234 valence electrons. The Balaban J connectivity index is 2.35. The third kappa shape index (κ3) is 7.31. The number of amides is 1. The van der Waals surface area contributed by atoms with Crippen LogP contribution in [0.5, 0.6) is 11.5 Å². The molecule has 0 aliphatic carbocycles. The van der Waals surface area contributed by atoms with E-state index in [1.165, 1.54) is 34.1 Å². The van der Waals surface area contributed by atoms with Gasteiger partial charge in [0.25, 0.3) is 0 Å². The molecule has 1 aliphatic rings. The highest BCUT2D eigenvalue weighted by molar-refractivity contribution is 6.03. The summed E-state index contributed by atoms with van der Waals surface area (Å²) in [5.41, 5.74) is 2.12. The van der Waals surface area contributed by atoms with Gasteiger partial charge in [0.1, 0.15) is 24.0 Å². The van der Waals surface area contributed by atoms with E-state index in [2.05, 4.69) is 4.98 Å². The lowest BCUT2D eigenvalue weighted by molar-refractivity contribution is -0.251. The minimum absolute atomic E-state index is 0.147. The van der Waals surface area contributed by atoms with Gasteiger partial charge in [-0.05, 0) is 25.5 Å². The average molecular weight is 605 g/mol. The summed E-state index contributed by atoms with van der Waals surface area (Å²) in [4.78, 5) is 67.7. The van der Waals surface area contributed by atoms with Crippen LogP contribution in [0.3, 0.4) is 0 Å². The van der Waals surface area contributed by atoms with Gasteiger partial charge < -0.3 is 33.2 Å². The van der Waals surface area contributed by atoms with E-state index in [1.54, 1.807) is 0 Å². The van der Waals surface area contributed by atoms with E-state index < -0.39 is 67.0 Å². The molecule has 14 nitrogen and oxygen atoms in total. The number of pyridine rings is 1. The molecule has 1 aliphatic heterocycles. The first kappa shape index (κ1) is 33.0. The van der Waals surface area contributed by atoms with Gasteiger partial charge in [-0.1, -0.05) is 0 Å². The summed E-state index contributed by atoms with van der Waals surface area (Å²) in [6, 6.07) is 3.35. The highest BCUT2D eigenvalue weighted by atomic mass is 16.7. The first-order valence-corrected chi connectivity index (χ1v) is 13.3. The number of aryl methyl sites for hydroxylation is 2. The average Bonchev–Trinajstić information content (AvgIpc) is 2.89. The van der Waals surface area contributed by atoms with Gasteiger partial charge in [-0.2, -0.15) is 0 Å². The van der Waals surface area contributed by atoms with E-state index in [-0.39, 0.29) is 11.4 Å². The Bertz CT molecular complexity index is 1420. The van der Waals surface area contributed by atoms with Crippen molar-refractivity contribution in [1.82, 2.24) is 4.98 Å². The van der Waals surface area contributed by atoms with Gasteiger partial charge in [0.15, 0.2) is 30.3 Å². The van der Waals surface area contributed by atoms with Gasteiger partial charge in [0, 0.05) is 46.4 Å². The Hall–Kier alpha value is -4.46. The molecule has 2 aromatic rings. The number of methoxy groups -OCH3 is 2. The molecule has 0 bridgehead atoms. The highest BCUT2D eigenvalue weighted by Gasteiger charge is 2.55. The van der Waals surface area contributed by atoms with Gasteiger partial charge in [0.05, 0.1) is 25.3 Å². The highest BCUT2D eigenvalue weighted by Crippen LogP contribution is 2.45. The van der Waals surface area contributed by atoms with Crippen LogP contribution in [-0.4, -0.2) is 86.2 Å². The molecule has 14 heteroatoms. The lowest BCUT2D eigenvalue weighted by atomic mass is 9.95. The molecule has 1 aromatic heterocycles. The summed E-state index contributed by atoms with van der Waals surface area (Å²) < 4.78 is 39.4. The molecule has 1 amide bonds. The van der Waals surface area contributed by atoms with E-state index in [4.69, 9.17) is 33.2 Å². The van der Waals surface area contributed by atoms with Gasteiger partial charge in [-0.15, -0.1) is 0 Å². The zero-order valence-electron chi connectivity index (χ0n) is 25.5. The van der Waals surface area contributed by atoms with Gasteiger partial charge in [-0.25, -0.2) is 4.98 Å². The van der Waals surface area contributed by atoms with Crippen molar-refractivity contribution in [2.24, 2.45) is 0 Å². The summed E-state index contributed by atoms with van der Waals surface area (Å²) in [6.45, 7) is 8.96. The van der Waals surface area contributed by atoms with Crippen LogP contribution in [0.25, 0.3) is 10.9 Å². The number of carbonyl (C=O) groups excluding carboxylic acids is 5. The van der Waals surface area contributed by atoms with Crippen LogP contribution < -0.4 is 14.4 Å². The van der Waals surface area contributed by atoms with E-state index >= 15 is 0 Å². The maximum atomic E-state index is 13.5. The number of hydrogen-bond donors (Lipinski definition) is 0. The van der Waals surface area contributed by atoms with Crippen LogP contribution in [0.15, 0.2) is 12.1 Å². The summed E-state index contributed by atoms with van der Waals surface area (Å²) >= 11 is 0. The molecule has 1 saturated heterocycles. The molecular formula is C29H36N2O12. The maximum Gasteiger partial charge on any atom is 0.303 e. The molecule has 0 spiro atoms. The summed E-state index contributed by atoms with van der Waals surface area (Å²) in [5.74, 6) is -3.13. The minimum Gasteiger partial charge on any atom is -0.494 e. The van der Waals surface area contributed by atoms with Crippen LogP contribution in [0.2, 0.25) is 0 Å². The fourth-order valence-electron chi connectivity index (χ4n) is 5.13. The zero-order chi connectivity index (χ0) is 32.2. The smallest absolute Gasteiger partial charge is 0.303 e. The van der Waals surface area contributed by atoms with Crippen LogP contribution in [-0.2, 0) is 47.7 Å². The van der Waals surface area contributed by atoms with Gasteiger partial charge in [-0.3, -0.25) is 28.9 Å². The van der Waals surface area contributed by atoms with Crippen molar-refractivity contribution in [3.05, 3.63) is 23.4 Å². The Labute approximate surface area is 248 Å². The lowest BCUT2D eigenvalue weighted by Crippen LogP contribution is -2.67. The molecule has 0 saturated carbocycles. The summed E-state index contributed by atoms with van der Waals surface area (Å²) in [6.07, 6.45) is -7.17. The number of benzene rings is 1. The summed E-state index contributed by atoms with van der Waals surface area (Å²) in [7, 11) is 2.85. The van der Waals surface area contributed by atoms with Crippen LogP contribution in [0, 0.1) is 13.8 Å². The normalized spacial score (nSPS) is 21.4. The number of anilines is 1. The van der Waals surface area contributed by atoms with Crippen molar-refractivity contribution >= 4 is 46.4 Å². The number of hydrogen-bond acceptors (Lipinski definition) is 13. The molecule has 5 unspecified atom stereocenters. The molecule has 0 N–H and O–H groups in total. The predicted molar refractivity (Wildman–Crippen MR) is 149 cm³/mol. The van der Waals surface area contributed by atoms with Crippen LogP contribution in [0.1, 0.15) is 45.9 Å². The van der Waals surface area contributed by atoms with E-state index in [9.17, 15) is 24.0 Å². The zero-order valence-corrected chi connectivity index (χ0v) is 25.5. The first-order chi connectivity index (χ1) is 20.2. The van der Waals surface area contributed by atoms with Gasteiger partial charge in [0.2, 0.25) is 5.91 Å². The molecule has 0 radical (unpaired) electrons. The molecule has 43 heavy (non-hydrogen) atoms. The SMILES string of the molecule is COc1cc(N(C(C)=O)C2OC(COC(C)=O)C(OC(C)=O)C(OC(C)=O)C2OC(C)=O)c(OC)c2c(C)cc(C)nc12. The number of carbonyl (C=O) groups is 5. The lowest BCUT2D eigenvalue weighted by Gasteiger charge is -2.47. The van der Waals surface area contributed by atoms with Crippen molar-refractivity contribution in [3.63, 3.8) is 0 Å². The molecule has 1 aromatic carbocycles. The summed E-state index contributed by atoms with van der Waals surface area (Å²) in [5, 5.41) is 0.541. The Morgan fingerprint density at radius 2 is 1.40 bits per heavy atom. The number of nitrogens with zero attached hydrogens (tertiary/aromatic N) is 2. The third-order valence-corrected chi connectivity index (χ3v) is 6.55. The molecule has 3 rings (SSSR count). The molecule has 5 atom stereocenters. The van der Waals surface area contributed by atoms with Crippen molar-refractivity contribution in [3.8, 4) is 11.5 Å². The fraction of sp³-hybridized carbons (Fsp3) is 0.517. The van der Waals surface area contributed by atoms with Crippen LogP contribution in [0.4, 0.5) is 5.69 Å². The Kier molecular flexibility index (Phi) is 10.5. The second-order valence-corrected chi connectivity index (χ2v) is 9.91.